The van der Waals surface area contributed by atoms with Crippen molar-refractivity contribution in [3.63, 3.8) is 0 Å². The van der Waals surface area contributed by atoms with Crippen LogP contribution in [-0.4, -0.2) is 58.6 Å². The standard InChI is InChI=1S/C20H22N4O2.CH2O2/c1-22-8-7-14-5-6-16(21-19(14)22)20(26)23-10-13-9-15(12-23)17-3-2-4-18(25)24(17)11-13;2-1-3/h2-6,13,15H,7-12H2,1H3;1H,(H,2,3)/t13-,15+;/m0./s1. The zero-order valence-electron chi connectivity index (χ0n) is 16.3. The third kappa shape index (κ3) is 3.50. The van der Waals surface area contributed by atoms with E-state index in [2.05, 4.69) is 9.88 Å². The Morgan fingerprint density at radius 2 is 2.00 bits per heavy atom. The zero-order chi connectivity index (χ0) is 20.5. The van der Waals surface area contributed by atoms with Gasteiger partial charge >= 0.3 is 0 Å². The first-order valence-corrected chi connectivity index (χ1v) is 9.79. The summed E-state index contributed by atoms with van der Waals surface area (Å²) < 4.78 is 1.89. The summed E-state index contributed by atoms with van der Waals surface area (Å²) in [7, 11) is 2.02. The van der Waals surface area contributed by atoms with Crippen molar-refractivity contribution in [2.24, 2.45) is 5.92 Å². The molecule has 2 bridgehead atoms. The van der Waals surface area contributed by atoms with Gasteiger partial charge in [-0.25, -0.2) is 4.98 Å². The number of aromatic nitrogens is 2. The van der Waals surface area contributed by atoms with Crippen LogP contribution in [-0.2, 0) is 17.8 Å². The molecule has 3 aliphatic heterocycles. The van der Waals surface area contributed by atoms with Crippen LogP contribution in [0.25, 0.3) is 0 Å². The lowest BCUT2D eigenvalue weighted by molar-refractivity contribution is -0.122. The molecule has 0 saturated carbocycles. The Hall–Kier alpha value is -3.16. The summed E-state index contributed by atoms with van der Waals surface area (Å²) in [5.74, 6) is 1.51. The van der Waals surface area contributed by atoms with E-state index in [-0.39, 0.29) is 23.9 Å². The highest BCUT2D eigenvalue weighted by molar-refractivity contribution is 5.93. The Labute approximate surface area is 168 Å². The van der Waals surface area contributed by atoms with Crippen molar-refractivity contribution >= 4 is 18.2 Å². The number of rotatable bonds is 1. The summed E-state index contributed by atoms with van der Waals surface area (Å²) in [5.41, 5.74) is 2.88. The van der Waals surface area contributed by atoms with E-state index in [1.165, 1.54) is 5.56 Å². The van der Waals surface area contributed by atoms with Gasteiger partial charge in [0.25, 0.3) is 17.9 Å². The lowest BCUT2D eigenvalue weighted by Crippen LogP contribution is -2.49. The number of pyridine rings is 2. The fraction of sp³-hybridized carbons (Fsp3) is 0.429. The minimum atomic E-state index is -0.250. The molecule has 0 radical (unpaired) electrons. The number of carbonyl (C=O) groups excluding carboxylic acids is 1. The summed E-state index contributed by atoms with van der Waals surface area (Å²) in [5, 5.41) is 6.89. The van der Waals surface area contributed by atoms with Crippen LogP contribution in [0, 0.1) is 5.92 Å². The van der Waals surface area contributed by atoms with Crippen LogP contribution in [0.4, 0.5) is 5.82 Å². The number of fused-ring (bicyclic) bond motifs is 5. The number of carbonyl (C=O) groups is 2. The molecule has 2 aromatic heterocycles. The molecule has 1 N–H and O–H groups in total. The number of hydrogen-bond acceptors (Lipinski definition) is 5. The minimum absolute atomic E-state index is 0.00882. The van der Waals surface area contributed by atoms with E-state index in [0.29, 0.717) is 31.2 Å². The molecular weight excluding hydrogens is 372 g/mol. The normalized spacial score (nSPS) is 21.6. The number of carboxylic acid groups (broad SMARTS) is 1. The monoisotopic (exact) mass is 396 g/mol. The number of piperidine rings is 1. The number of amides is 1. The predicted molar refractivity (Wildman–Crippen MR) is 107 cm³/mol. The van der Waals surface area contributed by atoms with Crippen molar-refractivity contribution in [3.05, 3.63) is 57.6 Å². The molecule has 3 aliphatic rings. The molecule has 0 aliphatic carbocycles. The fourth-order valence-electron chi connectivity index (χ4n) is 4.74. The minimum Gasteiger partial charge on any atom is -0.483 e. The van der Waals surface area contributed by atoms with Gasteiger partial charge in [0, 0.05) is 50.9 Å². The van der Waals surface area contributed by atoms with Gasteiger partial charge < -0.3 is 19.5 Å². The Morgan fingerprint density at radius 3 is 2.79 bits per heavy atom. The average Bonchev–Trinajstić information content (AvgIpc) is 3.09. The van der Waals surface area contributed by atoms with Crippen molar-refractivity contribution in [1.82, 2.24) is 14.5 Å². The van der Waals surface area contributed by atoms with Gasteiger partial charge in [0.1, 0.15) is 11.5 Å². The molecule has 1 amide bonds. The second-order valence-corrected chi connectivity index (χ2v) is 7.86. The molecule has 1 fully saturated rings. The van der Waals surface area contributed by atoms with E-state index < -0.39 is 0 Å². The third-order valence-electron chi connectivity index (χ3n) is 6.02. The second-order valence-electron chi connectivity index (χ2n) is 7.86. The molecule has 1 saturated heterocycles. The first-order valence-electron chi connectivity index (χ1n) is 9.79. The van der Waals surface area contributed by atoms with E-state index in [1.54, 1.807) is 6.07 Å². The highest BCUT2D eigenvalue weighted by atomic mass is 16.3. The SMILES string of the molecule is CN1CCc2ccc(C(=O)N3C[C@@H]4C[C@H](C3)c3cccc(=O)n3C4)nc21.O=CO. The van der Waals surface area contributed by atoms with Gasteiger partial charge in [-0.1, -0.05) is 12.1 Å². The summed E-state index contributed by atoms with van der Waals surface area (Å²) in [6.45, 7) is 2.77. The van der Waals surface area contributed by atoms with Gasteiger partial charge in [0.2, 0.25) is 0 Å². The fourth-order valence-corrected chi connectivity index (χ4v) is 4.74. The number of anilines is 1. The first kappa shape index (κ1) is 19.2. The molecule has 8 nitrogen and oxygen atoms in total. The van der Waals surface area contributed by atoms with Gasteiger partial charge in [-0.05, 0) is 36.5 Å². The van der Waals surface area contributed by atoms with Crippen LogP contribution in [0.15, 0.2) is 35.1 Å². The smallest absolute Gasteiger partial charge is 0.290 e. The number of nitrogens with zero attached hydrogens (tertiary/aromatic N) is 4. The molecule has 5 rings (SSSR count). The highest BCUT2D eigenvalue weighted by Crippen LogP contribution is 2.35. The van der Waals surface area contributed by atoms with Crippen LogP contribution in [0.2, 0.25) is 0 Å². The largest absolute Gasteiger partial charge is 0.483 e. The van der Waals surface area contributed by atoms with E-state index >= 15 is 0 Å². The molecular formula is C21H24N4O4. The van der Waals surface area contributed by atoms with Crippen LogP contribution in [0.3, 0.4) is 0 Å². The summed E-state index contributed by atoms with van der Waals surface area (Å²) in [6.07, 6.45) is 2.04. The maximum Gasteiger partial charge on any atom is 0.290 e. The molecule has 0 aromatic carbocycles. The molecule has 152 valence electrons. The van der Waals surface area contributed by atoms with Crippen LogP contribution in [0.1, 0.15) is 34.1 Å². The van der Waals surface area contributed by atoms with Crippen LogP contribution >= 0.6 is 0 Å². The van der Waals surface area contributed by atoms with Crippen molar-refractivity contribution in [2.75, 3.05) is 31.6 Å². The van der Waals surface area contributed by atoms with Crippen LogP contribution < -0.4 is 10.5 Å². The Bertz CT molecular complexity index is 1000. The Kier molecular flexibility index (Phi) is 5.08. The Balaban J connectivity index is 0.000000645. The summed E-state index contributed by atoms with van der Waals surface area (Å²) >= 11 is 0. The maximum absolute atomic E-state index is 13.1. The van der Waals surface area contributed by atoms with Crippen molar-refractivity contribution in [1.29, 1.82) is 0 Å². The van der Waals surface area contributed by atoms with Crippen molar-refractivity contribution in [2.45, 2.75) is 25.3 Å². The highest BCUT2D eigenvalue weighted by Gasteiger charge is 2.37. The average molecular weight is 396 g/mol. The number of likely N-dealkylation sites (N-methyl/N-ethyl adjacent to an activating group) is 1. The second kappa shape index (κ2) is 7.69. The van der Waals surface area contributed by atoms with Gasteiger partial charge in [0.15, 0.2) is 0 Å². The third-order valence-corrected chi connectivity index (χ3v) is 6.02. The van der Waals surface area contributed by atoms with Gasteiger partial charge in [-0.3, -0.25) is 14.4 Å². The lowest BCUT2D eigenvalue weighted by atomic mass is 9.83. The number of likely N-dealkylation sites (tertiary alicyclic amines) is 1. The predicted octanol–water partition coefficient (Wildman–Crippen LogP) is 1.20. The maximum atomic E-state index is 13.1. The molecule has 8 heteroatoms. The van der Waals surface area contributed by atoms with Gasteiger partial charge in [-0.2, -0.15) is 0 Å². The molecule has 0 unspecified atom stereocenters. The zero-order valence-corrected chi connectivity index (χ0v) is 16.3. The molecule has 5 heterocycles. The van der Waals surface area contributed by atoms with Gasteiger partial charge in [-0.15, -0.1) is 0 Å². The topological polar surface area (TPSA) is 95.7 Å². The van der Waals surface area contributed by atoms with E-state index in [9.17, 15) is 9.59 Å². The van der Waals surface area contributed by atoms with E-state index in [1.807, 2.05) is 40.8 Å². The van der Waals surface area contributed by atoms with Crippen molar-refractivity contribution in [3.8, 4) is 0 Å². The summed E-state index contributed by atoms with van der Waals surface area (Å²) in [4.78, 5) is 42.3. The quantitative estimate of drug-likeness (QED) is 0.728. The van der Waals surface area contributed by atoms with E-state index in [0.717, 1.165) is 30.9 Å². The van der Waals surface area contributed by atoms with E-state index in [4.69, 9.17) is 9.90 Å². The molecule has 2 aromatic rings. The Morgan fingerprint density at radius 1 is 1.21 bits per heavy atom. The first-order chi connectivity index (χ1) is 14.0. The molecule has 29 heavy (non-hydrogen) atoms. The lowest BCUT2D eigenvalue weighted by Gasteiger charge is -2.42. The van der Waals surface area contributed by atoms with Crippen molar-refractivity contribution < 1.29 is 14.7 Å². The number of hydrogen-bond donors (Lipinski definition) is 1. The summed E-state index contributed by atoms with van der Waals surface area (Å²) in [6, 6.07) is 9.38. The molecule has 0 spiro atoms. The van der Waals surface area contributed by atoms with Gasteiger partial charge in [0.05, 0.1) is 0 Å². The van der Waals surface area contributed by atoms with Crippen LogP contribution in [0.5, 0.6) is 0 Å². The molecule has 2 atom stereocenters.